The average Bonchev–Trinajstić information content (AvgIpc) is 4.25. The first kappa shape index (κ1) is 45.0. The van der Waals surface area contributed by atoms with Crippen molar-refractivity contribution in [1.82, 2.24) is 45.3 Å². The van der Waals surface area contributed by atoms with Gasteiger partial charge in [0, 0.05) is 18.0 Å². The van der Waals surface area contributed by atoms with E-state index >= 15 is 0 Å². The minimum Gasteiger partial charge on any atom is -0.453 e. The molecule has 3 fully saturated rings. The number of rotatable bonds is 11. The van der Waals surface area contributed by atoms with Crippen molar-refractivity contribution in [3.05, 3.63) is 131 Å². The van der Waals surface area contributed by atoms with E-state index in [4.69, 9.17) is 19.4 Å². The number of H-pyrrole nitrogens is 2. The zero-order chi connectivity index (χ0) is 46.9. The number of likely N-dealkylation sites (tertiary alicyclic amines) is 3. The number of ether oxygens (including phenoxy) is 2. The lowest BCUT2D eigenvalue weighted by Gasteiger charge is -2.38. The third-order valence-electron chi connectivity index (χ3n) is 14.5. The molecule has 3 aromatic heterocycles. The molecule has 3 aliphatic heterocycles. The summed E-state index contributed by atoms with van der Waals surface area (Å²) < 4.78 is 9.79. The lowest BCUT2D eigenvalue weighted by atomic mass is 9.76. The third kappa shape index (κ3) is 8.78. The maximum Gasteiger partial charge on any atom is 0.407 e. The predicted molar refractivity (Wildman–Crippen MR) is 258 cm³/mol. The van der Waals surface area contributed by atoms with Gasteiger partial charge in [-0.25, -0.2) is 19.6 Å². The third-order valence-corrected chi connectivity index (χ3v) is 15.9. The Hall–Kier alpha value is -6.78. The van der Waals surface area contributed by atoms with Gasteiger partial charge >= 0.3 is 12.2 Å². The van der Waals surface area contributed by atoms with Gasteiger partial charge in [-0.3, -0.25) is 9.59 Å². The summed E-state index contributed by atoms with van der Waals surface area (Å²) in [5, 5.41) is 5.51. The SMILES string of the molecule is COC(=O)N[C@H](C(=O)N1CCC[C@H]1c1ncc(-c2sc(-c3ccc(-c4cnc([C@@H]5CCCN5C(=O)[C@H](NC(=O)OC)c5ccccc5)[nH]4)cc3)c3c2CC2(CCN(C)CC2)C3)[nH]1)c1ccccc1. The first-order chi connectivity index (χ1) is 33.1. The summed E-state index contributed by atoms with van der Waals surface area (Å²) in [5.41, 5.74) is 8.36. The van der Waals surface area contributed by atoms with E-state index in [2.05, 4.69) is 56.8 Å². The van der Waals surface area contributed by atoms with Crippen LogP contribution in [0.3, 0.4) is 0 Å². The van der Waals surface area contributed by atoms with Crippen LogP contribution < -0.4 is 10.6 Å². The average molecular weight is 936 g/mol. The number of piperidine rings is 1. The van der Waals surface area contributed by atoms with Crippen molar-refractivity contribution in [2.75, 3.05) is 47.4 Å². The van der Waals surface area contributed by atoms with Crippen molar-refractivity contribution < 1.29 is 28.7 Å². The number of nitrogens with zero attached hydrogens (tertiary/aromatic N) is 5. The molecule has 352 valence electrons. The second-order valence-corrected chi connectivity index (χ2v) is 19.7. The number of alkyl carbamates (subject to hydrolysis) is 2. The Morgan fingerprint density at radius 1 is 0.647 bits per heavy atom. The summed E-state index contributed by atoms with van der Waals surface area (Å²) in [5.74, 6) is 1.05. The van der Waals surface area contributed by atoms with Crippen LogP contribution in [-0.4, -0.2) is 106 Å². The Kier molecular flexibility index (Phi) is 12.6. The van der Waals surface area contributed by atoms with E-state index in [9.17, 15) is 19.2 Å². The molecule has 3 saturated heterocycles. The molecule has 0 unspecified atom stereocenters. The molecule has 6 heterocycles. The van der Waals surface area contributed by atoms with E-state index in [1.165, 1.54) is 35.1 Å². The van der Waals surface area contributed by atoms with Crippen molar-refractivity contribution in [2.45, 2.75) is 75.5 Å². The highest BCUT2D eigenvalue weighted by molar-refractivity contribution is 7.19. The highest BCUT2D eigenvalue weighted by Crippen LogP contribution is 2.54. The number of fused-ring (bicyclic) bond motifs is 1. The molecule has 4 N–H and O–H groups in total. The molecule has 15 nitrogen and oxygen atoms in total. The van der Waals surface area contributed by atoms with Crippen LogP contribution in [0, 0.1) is 5.41 Å². The number of carbonyl (C=O) groups is 4. The van der Waals surface area contributed by atoms with Crippen LogP contribution in [0.1, 0.15) is 96.6 Å². The number of thiophene rings is 1. The summed E-state index contributed by atoms with van der Waals surface area (Å²) in [6.45, 7) is 3.27. The van der Waals surface area contributed by atoms with Gasteiger partial charge in [0.2, 0.25) is 0 Å². The number of aromatic nitrogens is 4. The van der Waals surface area contributed by atoms with Gasteiger partial charge in [0.15, 0.2) is 0 Å². The van der Waals surface area contributed by atoms with Gasteiger partial charge < -0.3 is 44.8 Å². The van der Waals surface area contributed by atoms with Gasteiger partial charge in [0.05, 0.1) is 55.0 Å². The number of hydrogen-bond donors (Lipinski definition) is 4. The van der Waals surface area contributed by atoms with Crippen molar-refractivity contribution in [3.8, 4) is 32.3 Å². The molecule has 6 aromatic rings. The number of amides is 4. The van der Waals surface area contributed by atoms with Gasteiger partial charge in [-0.2, -0.15) is 0 Å². The van der Waals surface area contributed by atoms with Gasteiger partial charge in [-0.1, -0.05) is 84.9 Å². The van der Waals surface area contributed by atoms with Crippen LogP contribution in [0.2, 0.25) is 0 Å². The Morgan fingerprint density at radius 2 is 1.12 bits per heavy atom. The highest BCUT2D eigenvalue weighted by atomic mass is 32.1. The van der Waals surface area contributed by atoms with Gasteiger partial charge in [-0.05, 0) is 110 Å². The van der Waals surface area contributed by atoms with Crippen LogP contribution in [0.15, 0.2) is 97.3 Å². The molecule has 4 amide bonds. The van der Waals surface area contributed by atoms with E-state index in [1.54, 1.807) is 11.3 Å². The Balaban J connectivity index is 0.908. The Morgan fingerprint density at radius 3 is 1.63 bits per heavy atom. The second kappa shape index (κ2) is 19.1. The Labute approximate surface area is 399 Å². The number of benzene rings is 3. The van der Waals surface area contributed by atoms with Crippen molar-refractivity contribution in [2.24, 2.45) is 5.41 Å². The zero-order valence-corrected chi connectivity index (χ0v) is 39.4. The Bertz CT molecular complexity index is 2780. The molecule has 0 bridgehead atoms. The summed E-state index contributed by atoms with van der Waals surface area (Å²) in [7, 11) is 4.80. The van der Waals surface area contributed by atoms with Crippen LogP contribution in [-0.2, 0) is 31.9 Å². The number of methoxy groups -OCH3 is 2. The minimum absolute atomic E-state index is 0.196. The van der Waals surface area contributed by atoms with E-state index in [0.717, 1.165) is 92.8 Å². The second-order valence-electron chi connectivity index (χ2n) is 18.7. The topological polar surface area (TPSA) is 178 Å². The van der Waals surface area contributed by atoms with Crippen molar-refractivity contribution in [3.63, 3.8) is 0 Å². The number of nitrogens with one attached hydrogen (secondary N) is 4. The smallest absolute Gasteiger partial charge is 0.407 e. The molecule has 1 spiro atoms. The number of carbonyl (C=O) groups excluding carboxylic acids is 4. The molecule has 0 saturated carbocycles. The first-order valence-corrected chi connectivity index (χ1v) is 24.4. The van der Waals surface area contributed by atoms with Crippen LogP contribution >= 0.6 is 11.3 Å². The summed E-state index contributed by atoms with van der Waals surface area (Å²) >= 11 is 1.81. The maximum atomic E-state index is 14.3. The standard InChI is InChI=1S/C52H57N9O6S/c1-59-26-22-52(23-27-59)28-36-37(29-52)45(39-31-54-47(56-39)41-17-11-25-61(41)49(63)43(58-51(65)67-3)34-14-8-5-9-15-34)68-44(36)35-20-18-32(19-21-35)38-30-53-46(55-38)40-16-10-24-60(40)48(62)42(57-50(64)66-2)33-12-6-4-7-13-33/h4-9,12-15,18-21,30-31,40-43H,10-11,16-17,22-29H2,1-3H3,(H,53,55)(H,54,56)(H,57,64)(H,58,65)/t40-,41-,42+,43-/m0/s1. The first-order valence-electron chi connectivity index (χ1n) is 23.6. The molecule has 68 heavy (non-hydrogen) atoms. The normalized spacial score (nSPS) is 19.7. The number of aromatic amines is 2. The quantitative estimate of drug-likeness (QED) is 0.0992. The largest absolute Gasteiger partial charge is 0.453 e. The number of hydrogen-bond acceptors (Lipinski definition) is 10. The fourth-order valence-corrected chi connectivity index (χ4v) is 12.1. The minimum atomic E-state index is -0.890. The van der Waals surface area contributed by atoms with Gasteiger partial charge in [-0.15, -0.1) is 11.3 Å². The van der Waals surface area contributed by atoms with Crippen molar-refractivity contribution >= 4 is 35.3 Å². The molecule has 4 atom stereocenters. The fourth-order valence-electron chi connectivity index (χ4n) is 10.8. The molecule has 3 aromatic carbocycles. The van der Waals surface area contributed by atoms with Crippen LogP contribution in [0.4, 0.5) is 9.59 Å². The molecule has 16 heteroatoms. The summed E-state index contributed by atoms with van der Waals surface area (Å²) in [6, 6.07) is 24.9. The van der Waals surface area contributed by atoms with E-state index < -0.39 is 24.3 Å². The van der Waals surface area contributed by atoms with Crippen molar-refractivity contribution in [1.29, 1.82) is 0 Å². The lowest BCUT2D eigenvalue weighted by molar-refractivity contribution is -0.135. The predicted octanol–water partition coefficient (Wildman–Crippen LogP) is 8.53. The maximum absolute atomic E-state index is 14.3. The van der Waals surface area contributed by atoms with Crippen LogP contribution in [0.5, 0.6) is 0 Å². The van der Waals surface area contributed by atoms with E-state index in [0.29, 0.717) is 30.0 Å². The van der Waals surface area contributed by atoms with Gasteiger partial charge in [0.1, 0.15) is 23.7 Å². The zero-order valence-electron chi connectivity index (χ0n) is 38.6. The summed E-state index contributed by atoms with van der Waals surface area (Å²) in [6.07, 6.45) is 9.93. The van der Waals surface area contributed by atoms with Crippen LogP contribution in [0.25, 0.3) is 32.3 Å². The highest BCUT2D eigenvalue weighted by Gasteiger charge is 2.44. The van der Waals surface area contributed by atoms with Gasteiger partial charge in [0.25, 0.3) is 11.8 Å². The molecular formula is C52H57N9O6S. The summed E-state index contributed by atoms with van der Waals surface area (Å²) in [4.78, 5) is 78.7. The molecular weight excluding hydrogens is 879 g/mol. The molecule has 1 aliphatic carbocycles. The fraction of sp³-hybridized carbons (Fsp3) is 0.385. The van der Waals surface area contributed by atoms with E-state index in [-0.39, 0.29) is 29.3 Å². The van der Waals surface area contributed by atoms with E-state index in [1.807, 2.05) is 82.9 Å². The lowest BCUT2D eigenvalue weighted by Crippen LogP contribution is -2.42. The molecule has 4 aliphatic rings. The number of imidazole rings is 2. The molecule has 0 radical (unpaired) electrons. The monoisotopic (exact) mass is 935 g/mol. The molecule has 10 rings (SSSR count).